The number of nitrogen functional groups attached to an aromatic ring is 1. The summed E-state index contributed by atoms with van der Waals surface area (Å²) in [4.78, 5) is 19.0. The molecule has 0 spiro atoms. The van der Waals surface area contributed by atoms with Crippen molar-refractivity contribution in [1.82, 2.24) is 15.3 Å². The van der Waals surface area contributed by atoms with Crippen LogP contribution in [0.15, 0.2) is 30.6 Å². The number of H-pyrrole nitrogens is 1. The molecule has 6 nitrogen and oxygen atoms in total. The summed E-state index contributed by atoms with van der Waals surface area (Å²) in [6, 6.07) is 5.10. The number of aromatic amines is 1. The average molecular weight is 260 g/mol. The van der Waals surface area contributed by atoms with Gasteiger partial charge in [-0.1, -0.05) is 6.07 Å². The Morgan fingerprint density at radius 2 is 2.37 bits per heavy atom. The zero-order valence-corrected chi connectivity index (χ0v) is 10.6. The average Bonchev–Trinajstić information content (AvgIpc) is 2.92. The molecule has 0 radical (unpaired) electrons. The number of ether oxygens (including phenoxy) is 1. The molecule has 1 heterocycles. The first-order valence-corrected chi connectivity index (χ1v) is 6.00. The van der Waals surface area contributed by atoms with Crippen LogP contribution in [0.5, 0.6) is 5.75 Å². The summed E-state index contributed by atoms with van der Waals surface area (Å²) in [7, 11) is 0. The Hall–Kier alpha value is -2.50. The van der Waals surface area contributed by atoms with Gasteiger partial charge in [-0.25, -0.2) is 4.98 Å². The molecule has 2 aromatic rings. The second-order valence-corrected chi connectivity index (χ2v) is 3.88. The minimum Gasteiger partial charge on any atom is -0.491 e. The maximum atomic E-state index is 12.1. The lowest BCUT2D eigenvalue weighted by Crippen LogP contribution is -2.24. The van der Waals surface area contributed by atoms with Crippen molar-refractivity contribution in [3.8, 4) is 5.75 Å². The van der Waals surface area contributed by atoms with E-state index in [9.17, 15) is 4.79 Å². The third-order valence-electron chi connectivity index (χ3n) is 2.55. The first-order chi connectivity index (χ1) is 9.22. The van der Waals surface area contributed by atoms with E-state index in [0.29, 0.717) is 36.0 Å². The van der Waals surface area contributed by atoms with E-state index < -0.39 is 0 Å². The highest BCUT2D eigenvalue weighted by atomic mass is 16.5. The summed E-state index contributed by atoms with van der Waals surface area (Å²) < 4.78 is 5.42. The third-order valence-corrected chi connectivity index (χ3v) is 2.55. The van der Waals surface area contributed by atoms with Gasteiger partial charge in [-0.05, 0) is 19.1 Å². The van der Waals surface area contributed by atoms with E-state index in [1.54, 1.807) is 30.6 Å². The van der Waals surface area contributed by atoms with Crippen LogP contribution < -0.4 is 15.8 Å². The van der Waals surface area contributed by atoms with Crippen molar-refractivity contribution in [2.45, 2.75) is 13.5 Å². The second kappa shape index (κ2) is 5.90. The van der Waals surface area contributed by atoms with Gasteiger partial charge in [0.15, 0.2) is 5.75 Å². The number of carbonyl (C=O) groups excluding carboxylic acids is 1. The highest BCUT2D eigenvalue weighted by molar-refractivity contribution is 5.98. The number of nitrogens with two attached hydrogens (primary N) is 1. The first-order valence-electron chi connectivity index (χ1n) is 6.00. The Morgan fingerprint density at radius 1 is 1.53 bits per heavy atom. The van der Waals surface area contributed by atoms with Gasteiger partial charge in [0.25, 0.3) is 5.91 Å². The molecule has 0 saturated carbocycles. The molecular weight excluding hydrogens is 244 g/mol. The van der Waals surface area contributed by atoms with Crippen molar-refractivity contribution in [1.29, 1.82) is 0 Å². The number of hydrogen-bond donors (Lipinski definition) is 3. The molecule has 0 bridgehead atoms. The first kappa shape index (κ1) is 12.9. The zero-order chi connectivity index (χ0) is 13.7. The normalized spacial score (nSPS) is 10.2. The number of nitrogens with zero attached hydrogens (tertiary/aromatic N) is 1. The smallest absolute Gasteiger partial charge is 0.255 e. The fourth-order valence-corrected chi connectivity index (χ4v) is 1.69. The number of benzene rings is 1. The van der Waals surface area contributed by atoms with Gasteiger partial charge >= 0.3 is 0 Å². The van der Waals surface area contributed by atoms with Gasteiger partial charge in [-0.2, -0.15) is 0 Å². The van der Waals surface area contributed by atoms with E-state index in [0.717, 1.165) is 0 Å². The van der Waals surface area contributed by atoms with E-state index in [2.05, 4.69) is 15.3 Å². The molecule has 4 N–H and O–H groups in total. The van der Waals surface area contributed by atoms with Gasteiger partial charge in [0, 0.05) is 12.4 Å². The maximum Gasteiger partial charge on any atom is 0.255 e. The molecule has 100 valence electrons. The van der Waals surface area contributed by atoms with Gasteiger partial charge in [0.1, 0.15) is 5.82 Å². The van der Waals surface area contributed by atoms with Crippen molar-refractivity contribution in [2.24, 2.45) is 0 Å². The topological polar surface area (TPSA) is 93.0 Å². The van der Waals surface area contributed by atoms with Crippen molar-refractivity contribution in [2.75, 3.05) is 12.3 Å². The molecule has 0 aliphatic heterocycles. The lowest BCUT2D eigenvalue weighted by atomic mass is 10.1. The van der Waals surface area contributed by atoms with Gasteiger partial charge in [0.2, 0.25) is 0 Å². The zero-order valence-electron chi connectivity index (χ0n) is 10.6. The Bertz CT molecular complexity index is 552. The summed E-state index contributed by atoms with van der Waals surface area (Å²) in [6.07, 6.45) is 3.33. The molecule has 0 aliphatic rings. The van der Waals surface area contributed by atoms with E-state index in [-0.39, 0.29) is 5.91 Å². The number of carbonyl (C=O) groups is 1. The van der Waals surface area contributed by atoms with Crippen LogP contribution in [-0.2, 0) is 6.54 Å². The maximum absolute atomic E-state index is 12.1. The van der Waals surface area contributed by atoms with E-state index in [1.807, 2.05) is 6.92 Å². The predicted octanol–water partition coefficient (Wildman–Crippen LogP) is 1.32. The SMILES string of the molecule is CCOc1c(N)cccc1C(=O)NCc1ncc[nH]1. The lowest BCUT2D eigenvalue weighted by Gasteiger charge is -2.12. The molecular formula is C13H16N4O2. The monoisotopic (exact) mass is 260 g/mol. The fraction of sp³-hybridized carbons (Fsp3) is 0.231. The van der Waals surface area contributed by atoms with Crippen LogP contribution in [0.1, 0.15) is 23.1 Å². The Morgan fingerprint density at radius 3 is 3.05 bits per heavy atom. The largest absolute Gasteiger partial charge is 0.491 e. The summed E-state index contributed by atoms with van der Waals surface area (Å²) >= 11 is 0. The molecule has 6 heteroatoms. The van der Waals surface area contributed by atoms with Crippen molar-refractivity contribution >= 4 is 11.6 Å². The van der Waals surface area contributed by atoms with Gasteiger partial charge in [0.05, 0.1) is 24.4 Å². The molecule has 19 heavy (non-hydrogen) atoms. The van der Waals surface area contributed by atoms with Crippen molar-refractivity contribution in [3.05, 3.63) is 42.0 Å². The van der Waals surface area contributed by atoms with Gasteiger partial charge < -0.3 is 20.8 Å². The van der Waals surface area contributed by atoms with Gasteiger partial charge in [-0.15, -0.1) is 0 Å². The van der Waals surface area contributed by atoms with E-state index in [1.165, 1.54) is 0 Å². The summed E-state index contributed by atoms with van der Waals surface area (Å²) in [5.74, 6) is 0.865. The highest BCUT2D eigenvalue weighted by Gasteiger charge is 2.14. The summed E-state index contributed by atoms with van der Waals surface area (Å²) in [5.41, 5.74) is 6.69. The summed E-state index contributed by atoms with van der Waals surface area (Å²) in [5, 5.41) is 2.76. The minimum atomic E-state index is -0.243. The fourth-order valence-electron chi connectivity index (χ4n) is 1.69. The number of nitrogens with one attached hydrogen (secondary N) is 2. The molecule has 0 aliphatic carbocycles. The quantitative estimate of drug-likeness (QED) is 0.707. The number of para-hydroxylation sites is 1. The Kier molecular flexibility index (Phi) is 4.02. The number of rotatable bonds is 5. The second-order valence-electron chi connectivity index (χ2n) is 3.88. The van der Waals surface area contributed by atoms with Crippen molar-refractivity contribution in [3.63, 3.8) is 0 Å². The number of aromatic nitrogens is 2. The van der Waals surface area contributed by atoms with Crippen molar-refractivity contribution < 1.29 is 9.53 Å². The van der Waals surface area contributed by atoms with Crippen LogP contribution in [0.25, 0.3) is 0 Å². The molecule has 0 fully saturated rings. The summed E-state index contributed by atoms with van der Waals surface area (Å²) in [6.45, 7) is 2.62. The number of amides is 1. The highest BCUT2D eigenvalue weighted by Crippen LogP contribution is 2.26. The predicted molar refractivity (Wildman–Crippen MR) is 71.8 cm³/mol. The minimum absolute atomic E-state index is 0.243. The van der Waals surface area contributed by atoms with Crippen LogP contribution >= 0.6 is 0 Å². The van der Waals surface area contributed by atoms with Crippen LogP contribution in [0.2, 0.25) is 0 Å². The molecule has 0 unspecified atom stereocenters. The molecule has 2 rings (SSSR count). The molecule has 1 aromatic heterocycles. The number of hydrogen-bond acceptors (Lipinski definition) is 4. The van der Waals surface area contributed by atoms with E-state index >= 15 is 0 Å². The Balaban J connectivity index is 2.12. The standard InChI is InChI=1S/C13H16N4O2/c1-2-19-12-9(4-3-5-10(12)14)13(18)17-8-11-15-6-7-16-11/h3-7H,2,8,14H2,1H3,(H,15,16)(H,17,18). The van der Waals surface area contributed by atoms with Crippen LogP contribution in [0.4, 0.5) is 5.69 Å². The van der Waals surface area contributed by atoms with Gasteiger partial charge in [-0.3, -0.25) is 4.79 Å². The van der Waals surface area contributed by atoms with Crippen LogP contribution in [-0.4, -0.2) is 22.5 Å². The number of imidazole rings is 1. The van der Waals surface area contributed by atoms with Crippen LogP contribution in [0.3, 0.4) is 0 Å². The Labute approximate surface area is 111 Å². The molecule has 0 atom stereocenters. The third kappa shape index (κ3) is 3.04. The molecule has 0 saturated heterocycles. The molecule has 1 amide bonds. The van der Waals surface area contributed by atoms with E-state index in [4.69, 9.17) is 10.5 Å². The van der Waals surface area contributed by atoms with Crippen LogP contribution in [0, 0.1) is 0 Å². The number of anilines is 1. The lowest BCUT2D eigenvalue weighted by molar-refractivity contribution is 0.0946. The molecule has 1 aromatic carbocycles.